The molecule has 1 fully saturated rings. The SMILES string of the molecule is NC(COS(=O)(=O)N1C[C@H](CCCB(O)O)[C@](N)(C(=O)O)C1)C(F)(F)F. The molecule has 0 aromatic carbocycles. The van der Waals surface area contributed by atoms with Crippen molar-refractivity contribution in [3.63, 3.8) is 0 Å². The Morgan fingerprint density at radius 1 is 1.42 bits per heavy atom. The second kappa shape index (κ2) is 8.37. The number of aliphatic carboxylic acids is 1. The number of hydrogen-bond acceptors (Lipinski definition) is 8. The maximum atomic E-state index is 12.3. The number of rotatable bonds is 9. The van der Waals surface area contributed by atoms with Gasteiger partial charge in [0.25, 0.3) is 0 Å². The molecule has 0 radical (unpaired) electrons. The lowest BCUT2D eigenvalue weighted by molar-refractivity contribution is -0.153. The predicted octanol–water partition coefficient (Wildman–Crippen LogP) is -1.90. The number of hydrogen-bond donors (Lipinski definition) is 5. The zero-order valence-corrected chi connectivity index (χ0v) is 14.4. The highest BCUT2D eigenvalue weighted by Gasteiger charge is 2.53. The molecule has 1 rings (SSSR count). The van der Waals surface area contributed by atoms with Gasteiger partial charge in [-0.05, 0) is 12.7 Å². The minimum Gasteiger partial charge on any atom is -0.480 e. The van der Waals surface area contributed by atoms with Gasteiger partial charge in [0.15, 0.2) is 0 Å². The summed E-state index contributed by atoms with van der Waals surface area (Å²) in [4.78, 5) is 11.4. The maximum absolute atomic E-state index is 12.3. The molecule has 0 saturated carbocycles. The molecule has 1 unspecified atom stereocenters. The topological polar surface area (TPSA) is 176 Å². The van der Waals surface area contributed by atoms with Gasteiger partial charge >= 0.3 is 29.6 Å². The van der Waals surface area contributed by atoms with E-state index in [1.165, 1.54) is 0 Å². The average Bonchev–Trinajstić information content (AvgIpc) is 2.83. The second-order valence-corrected chi connectivity index (χ2v) is 7.74. The Bertz CT molecular complexity index is 606. The van der Waals surface area contributed by atoms with Crippen molar-refractivity contribution < 1.29 is 45.7 Å². The summed E-state index contributed by atoms with van der Waals surface area (Å²) in [7, 11) is -6.29. The Morgan fingerprint density at radius 2 is 2.00 bits per heavy atom. The second-order valence-electron chi connectivity index (χ2n) is 6.14. The summed E-state index contributed by atoms with van der Waals surface area (Å²) >= 11 is 0. The molecule has 15 heteroatoms. The van der Waals surface area contributed by atoms with Crippen LogP contribution in [0.5, 0.6) is 0 Å². The Kier molecular flexibility index (Phi) is 7.43. The van der Waals surface area contributed by atoms with Gasteiger partial charge < -0.3 is 26.6 Å². The number of carboxylic acids is 1. The van der Waals surface area contributed by atoms with Gasteiger partial charge in [-0.2, -0.15) is 25.9 Å². The van der Waals surface area contributed by atoms with Crippen LogP contribution in [0.15, 0.2) is 0 Å². The summed E-state index contributed by atoms with van der Waals surface area (Å²) in [6.07, 6.45) is -4.71. The van der Waals surface area contributed by atoms with Crippen LogP contribution in [0.25, 0.3) is 0 Å². The van der Waals surface area contributed by atoms with Crippen LogP contribution >= 0.6 is 0 Å². The molecule has 1 saturated heterocycles. The Balaban J connectivity index is 2.82. The van der Waals surface area contributed by atoms with Crippen LogP contribution in [0.2, 0.25) is 6.32 Å². The quantitative estimate of drug-likeness (QED) is 0.273. The van der Waals surface area contributed by atoms with Crippen molar-refractivity contribution >= 4 is 23.4 Å². The van der Waals surface area contributed by atoms with Gasteiger partial charge in [-0.25, -0.2) is 0 Å². The monoisotopic (exact) mass is 407 g/mol. The molecular formula is C11H21BF3N3O7S. The number of halogens is 3. The van der Waals surface area contributed by atoms with Crippen LogP contribution in [-0.4, -0.2) is 78.4 Å². The molecule has 0 spiro atoms. The lowest BCUT2D eigenvalue weighted by Gasteiger charge is -2.25. The van der Waals surface area contributed by atoms with E-state index in [9.17, 15) is 31.5 Å². The molecule has 3 atom stereocenters. The summed E-state index contributed by atoms with van der Waals surface area (Å²) in [5.74, 6) is -2.38. The van der Waals surface area contributed by atoms with Gasteiger partial charge in [-0.15, -0.1) is 0 Å². The number of nitrogens with zero attached hydrogens (tertiary/aromatic N) is 1. The molecule has 1 aliphatic rings. The molecule has 0 aromatic heterocycles. The van der Waals surface area contributed by atoms with Gasteiger partial charge in [0, 0.05) is 19.0 Å². The van der Waals surface area contributed by atoms with Crippen LogP contribution in [0.1, 0.15) is 12.8 Å². The average molecular weight is 407 g/mol. The molecule has 0 bridgehead atoms. The Hall–Kier alpha value is -0.965. The van der Waals surface area contributed by atoms with Crippen LogP contribution in [0, 0.1) is 5.92 Å². The summed E-state index contributed by atoms with van der Waals surface area (Å²) in [6, 6.07) is -2.52. The van der Waals surface area contributed by atoms with E-state index in [0.717, 1.165) is 0 Å². The highest BCUT2D eigenvalue weighted by Crippen LogP contribution is 2.32. The first-order chi connectivity index (χ1) is 11.7. The van der Waals surface area contributed by atoms with E-state index in [1.54, 1.807) is 0 Å². The fraction of sp³-hybridized carbons (Fsp3) is 0.909. The zero-order valence-electron chi connectivity index (χ0n) is 13.6. The zero-order chi connectivity index (χ0) is 20.3. The lowest BCUT2D eigenvalue weighted by Crippen LogP contribution is -2.55. The first-order valence-electron chi connectivity index (χ1n) is 7.55. The maximum Gasteiger partial charge on any atom is 0.451 e. The van der Waals surface area contributed by atoms with Crippen LogP contribution < -0.4 is 11.5 Å². The summed E-state index contributed by atoms with van der Waals surface area (Å²) in [5.41, 5.74) is 8.58. The van der Waals surface area contributed by atoms with Gasteiger partial charge in [-0.3, -0.25) is 8.98 Å². The minimum atomic E-state index is -4.85. The normalized spacial score (nSPS) is 26.0. The van der Waals surface area contributed by atoms with Crippen molar-refractivity contribution in [3.05, 3.63) is 0 Å². The van der Waals surface area contributed by atoms with E-state index in [0.29, 0.717) is 4.31 Å². The van der Waals surface area contributed by atoms with Gasteiger partial charge in [0.1, 0.15) is 11.6 Å². The summed E-state index contributed by atoms with van der Waals surface area (Å²) < 4.78 is 66.0. The van der Waals surface area contributed by atoms with E-state index < -0.39 is 66.8 Å². The third kappa shape index (κ3) is 5.77. The predicted molar refractivity (Wildman–Crippen MR) is 82.8 cm³/mol. The number of nitrogens with two attached hydrogens (primary N) is 2. The Labute approximate surface area is 148 Å². The van der Waals surface area contributed by atoms with Crippen molar-refractivity contribution in [2.75, 3.05) is 19.7 Å². The van der Waals surface area contributed by atoms with E-state index in [2.05, 4.69) is 4.18 Å². The molecule has 10 nitrogen and oxygen atoms in total. The standard InChI is InChI=1S/C11H21BF3N3O7S/c13-11(14,15)8(16)5-25-26(23,24)18-4-7(2-1-3-12(21)22)10(17,6-18)9(19)20/h7-8,21-22H,1-6,16-17H2,(H,19,20)/t7-,8?,10-/m0/s1. The molecule has 1 aliphatic heterocycles. The van der Waals surface area contributed by atoms with E-state index >= 15 is 0 Å². The van der Waals surface area contributed by atoms with Gasteiger partial charge in [0.05, 0.1) is 6.61 Å². The van der Waals surface area contributed by atoms with Gasteiger partial charge in [0.2, 0.25) is 0 Å². The Morgan fingerprint density at radius 3 is 2.46 bits per heavy atom. The molecule has 7 N–H and O–H groups in total. The highest BCUT2D eigenvalue weighted by molar-refractivity contribution is 7.84. The van der Waals surface area contributed by atoms with Crippen molar-refractivity contribution in [1.29, 1.82) is 0 Å². The molecule has 0 amide bonds. The highest BCUT2D eigenvalue weighted by atomic mass is 32.2. The largest absolute Gasteiger partial charge is 0.480 e. The minimum absolute atomic E-state index is 0.0640. The molecule has 152 valence electrons. The molecule has 0 aromatic rings. The van der Waals surface area contributed by atoms with Crippen LogP contribution in [0.4, 0.5) is 13.2 Å². The smallest absolute Gasteiger partial charge is 0.451 e. The van der Waals surface area contributed by atoms with Crippen LogP contribution in [0.3, 0.4) is 0 Å². The molecule has 1 heterocycles. The number of carbonyl (C=O) groups is 1. The number of alkyl halides is 3. The third-order valence-corrected chi connectivity index (χ3v) is 5.48. The third-order valence-electron chi connectivity index (χ3n) is 4.14. The first kappa shape index (κ1) is 23.1. The van der Waals surface area contributed by atoms with Crippen molar-refractivity contribution in [2.24, 2.45) is 17.4 Å². The van der Waals surface area contributed by atoms with Crippen LogP contribution in [-0.2, 0) is 19.3 Å². The first-order valence-corrected chi connectivity index (χ1v) is 8.92. The fourth-order valence-electron chi connectivity index (χ4n) is 2.53. The van der Waals surface area contributed by atoms with Gasteiger partial charge in [-0.1, -0.05) is 6.42 Å². The van der Waals surface area contributed by atoms with E-state index in [1.807, 2.05) is 0 Å². The van der Waals surface area contributed by atoms with Crippen molar-refractivity contribution in [3.8, 4) is 0 Å². The van der Waals surface area contributed by atoms with E-state index in [-0.39, 0.29) is 19.2 Å². The summed E-state index contributed by atoms with van der Waals surface area (Å²) in [5, 5.41) is 26.9. The van der Waals surface area contributed by atoms with Crippen molar-refractivity contribution in [1.82, 2.24) is 4.31 Å². The summed E-state index contributed by atoms with van der Waals surface area (Å²) in [6.45, 7) is -2.44. The molecule has 26 heavy (non-hydrogen) atoms. The van der Waals surface area contributed by atoms with E-state index in [4.69, 9.17) is 21.5 Å². The fourth-order valence-corrected chi connectivity index (χ4v) is 3.73. The number of carboxylic acid groups (broad SMARTS) is 1. The molecule has 0 aliphatic carbocycles. The molecular weight excluding hydrogens is 386 g/mol. The lowest BCUT2D eigenvalue weighted by atomic mass is 9.78. The van der Waals surface area contributed by atoms with Crippen molar-refractivity contribution in [2.45, 2.75) is 36.9 Å².